The van der Waals surface area contributed by atoms with Crippen LogP contribution in [0.2, 0.25) is 0 Å². The molecule has 0 aliphatic rings. The number of aromatic nitrogens is 2. The molecule has 1 rings (SSSR count). The second-order valence-electron chi connectivity index (χ2n) is 4.90. The van der Waals surface area contributed by atoms with Crippen LogP contribution in [0, 0.1) is 0 Å². The van der Waals surface area contributed by atoms with Crippen molar-refractivity contribution >= 4 is 23.7 Å². The van der Waals surface area contributed by atoms with Gasteiger partial charge in [0.2, 0.25) is 5.95 Å². The highest BCUT2D eigenvalue weighted by Crippen LogP contribution is 2.25. The van der Waals surface area contributed by atoms with Gasteiger partial charge in [0, 0.05) is 26.2 Å². The first-order valence-electron chi connectivity index (χ1n) is 8.07. The number of hydrogen-bond donors (Lipinski definition) is 0. The van der Waals surface area contributed by atoms with Crippen molar-refractivity contribution in [3.8, 4) is 0 Å². The number of methoxy groups -OCH3 is 2. The van der Waals surface area contributed by atoms with Gasteiger partial charge in [0.05, 0.1) is 14.2 Å². The lowest BCUT2D eigenvalue weighted by molar-refractivity contribution is 0.0550. The van der Waals surface area contributed by atoms with Crippen LogP contribution in [0.25, 0.3) is 0 Å². The Bertz CT molecular complexity index is 584. The molecular weight excluding hydrogens is 312 g/mol. The summed E-state index contributed by atoms with van der Waals surface area (Å²) in [7, 11) is 2.51. The Hall–Kier alpha value is -2.38. The zero-order valence-electron chi connectivity index (χ0n) is 15.3. The molecule has 1 heterocycles. The van der Waals surface area contributed by atoms with Gasteiger partial charge in [0.1, 0.15) is 11.4 Å². The van der Waals surface area contributed by atoms with Crippen LogP contribution in [0.1, 0.15) is 48.5 Å². The predicted molar refractivity (Wildman–Crippen MR) is 91.8 cm³/mol. The monoisotopic (exact) mass is 338 g/mol. The maximum Gasteiger partial charge on any atom is 0.357 e. The molecule has 0 aliphatic heterocycles. The maximum absolute atomic E-state index is 12.3. The molecule has 0 amide bonds. The van der Waals surface area contributed by atoms with E-state index in [2.05, 4.69) is 9.97 Å². The van der Waals surface area contributed by atoms with Crippen LogP contribution in [-0.2, 0) is 9.47 Å². The summed E-state index contributed by atoms with van der Waals surface area (Å²) in [4.78, 5) is 37.1. The van der Waals surface area contributed by atoms with Gasteiger partial charge in [-0.05, 0) is 27.7 Å². The largest absolute Gasteiger partial charge is 0.465 e. The van der Waals surface area contributed by atoms with Crippen LogP contribution in [0.3, 0.4) is 0 Å². The summed E-state index contributed by atoms with van der Waals surface area (Å²) < 4.78 is 9.64. The van der Waals surface area contributed by atoms with Gasteiger partial charge in [-0.1, -0.05) is 0 Å². The van der Waals surface area contributed by atoms with Crippen LogP contribution in [0.5, 0.6) is 0 Å². The van der Waals surface area contributed by atoms with E-state index in [1.165, 1.54) is 14.2 Å². The number of anilines is 2. The topological polar surface area (TPSA) is 84.9 Å². The van der Waals surface area contributed by atoms with E-state index in [1.54, 1.807) is 0 Å². The van der Waals surface area contributed by atoms with Gasteiger partial charge in [-0.3, -0.25) is 0 Å². The minimum absolute atomic E-state index is 0.0314. The molecule has 0 radical (unpaired) electrons. The summed E-state index contributed by atoms with van der Waals surface area (Å²) >= 11 is 0. The molecule has 0 fully saturated rings. The van der Waals surface area contributed by atoms with E-state index in [9.17, 15) is 9.59 Å². The predicted octanol–water partition coefficient (Wildman–Crippen LogP) is 1.74. The third-order valence-electron chi connectivity index (χ3n) is 3.76. The Labute approximate surface area is 142 Å². The molecule has 1 aromatic heterocycles. The Morgan fingerprint density at radius 3 is 1.75 bits per heavy atom. The molecule has 0 saturated heterocycles. The van der Waals surface area contributed by atoms with Crippen LogP contribution < -0.4 is 9.80 Å². The van der Waals surface area contributed by atoms with Crippen molar-refractivity contribution < 1.29 is 19.1 Å². The Morgan fingerprint density at radius 2 is 1.33 bits per heavy atom. The standard InChI is InChI=1S/C16H26N4O4/c1-7-19(8-2)13-11(14(21)23-5)12(15(22)24-6)17-16(18-13)20(9-3)10-4/h7-10H2,1-6H3. The second kappa shape index (κ2) is 9.05. The lowest BCUT2D eigenvalue weighted by Gasteiger charge is -2.26. The summed E-state index contributed by atoms with van der Waals surface area (Å²) in [5, 5.41) is 0. The fourth-order valence-corrected chi connectivity index (χ4v) is 2.37. The zero-order chi connectivity index (χ0) is 18.3. The molecule has 0 spiro atoms. The number of rotatable bonds is 8. The van der Waals surface area contributed by atoms with Crippen LogP contribution >= 0.6 is 0 Å². The average Bonchev–Trinajstić information content (AvgIpc) is 2.62. The molecule has 134 valence electrons. The van der Waals surface area contributed by atoms with Gasteiger partial charge in [-0.2, -0.15) is 4.98 Å². The number of carbonyl (C=O) groups is 2. The molecule has 0 aromatic carbocycles. The average molecular weight is 338 g/mol. The minimum atomic E-state index is -0.695. The molecule has 1 aromatic rings. The Kier molecular flexibility index (Phi) is 7.41. The molecular formula is C16H26N4O4. The minimum Gasteiger partial charge on any atom is -0.465 e. The number of nitrogens with zero attached hydrogens (tertiary/aromatic N) is 4. The van der Waals surface area contributed by atoms with E-state index in [4.69, 9.17) is 9.47 Å². The first-order valence-corrected chi connectivity index (χ1v) is 8.07. The van der Waals surface area contributed by atoms with E-state index in [1.807, 2.05) is 37.5 Å². The van der Waals surface area contributed by atoms with Crippen molar-refractivity contribution in [1.82, 2.24) is 9.97 Å². The zero-order valence-corrected chi connectivity index (χ0v) is 15.3. The normalized spacial score (nSPS) is 10.2. The van der Waals surface area contributed by atoms with Crippen LogP contribution in [0.4, 0.5) is 11.8 Å². The second-order valence-corrected chi connectivity index (χ2v) is 4.90. The van der Waals surface area contributed by atoms with Crippen molar-refractivity contribution in [3.63, 3.8) is 0 Å². The highest BCUT2D eigenvalue weighted by Gasteiger charge is 2.29. The molecule has 8 heteroatoms. The van der Waals surface area contributed by atoms with Crippen molar-refractivity contribution in [3.05, 3.63) is 11.3 Å². The van der Waals surface area contributed by atoms with Crippen LogP contribution in [0.15, 0.2) is 0 Å². The van der Waals surface area contributed by atoms with Crippen molar-refractivity contribution in [2.75, 3.05) is 50.2 Å². The Morgan fingerprint density at radius 1 is 0.833 bits per heavy atom. The van der Waals surface area contributed by atoms with Gasteiger partial charge in [0.25, 0.3) is 0 Å². The Balaban J connectivity index is 3.74. The summed E-state index contributed by atoms with van der Waals surface area (Å²) in [5.74, 6) is -0.595. The summed E-state index contributed by atoms with van der Waals surface area (Å²) in [5.41, 5.74) is -0.0490. The van der Waals surface area contributed by atoms with E-state index in [0.29, 0.717) is 37.9 Å². The molecule has 0 N–H and O–H groups in total. The van der Waals surface area contributed by atoms with Gasteiger partial charge in [-0.15, -0.1) is 0 Å². The highest BCUT2D eigenvalue weighted by molar-refractivity contribution is 6.05. The number of carbonyl (C=O) groups excluding carboxylic acids is 2. The first-order chi connectivity index (χ1) is 11.5. The first kappa shape index (κ1) is 19.7. The van der Waals surface area contributed by atoms with Crippen molar-refractivity contribution in [1.29, 1.82) is 0 Å². The van der Waals surface area contributed by atoms with Gasteiger partial charge < -0.3 is 19.3 Å². The SMILES string of the molecule is CCN(CC)c1nc(C(=O)OC)c(C(=O)OC)c(N(CC)CC)n1. The molecule has 0 saturated carbocycles. The lowest BCUT2D eigenvalue weighted by Crippen LogP contribution is -2.31. The smallest absolute Gasteiger partial charge is 0.357 e. The van der Waals surface area contributed by atoms with Gasteiger partial charge in [-0.25, -0.2) is 14.6 Å². The third-order valence-corrected chi connectivity index (χ3v) is 3.76. The van der Waals surface area contributed by atoms with E-state index < -0.39 is 11.9 Å². The van der Waals surface area contributed by atoms with Gasteiger partial charge in [0.15, 0.2) is 5.69 Å². The molecule has 0 bridgehead atoms. The van der Waals surface area contributed by atoms with E-state index >= 15 is 0 Å². The number of ether oxygens (including phenoxy) is 2. The summed E-state index contributed by atoms with van der Waals surface area (Å²) in [6.45, 7) is 10.4. The summed E-state index contributed by atoms with van der Waals surface area (Å²) in [6, 6.07) is 0. The third kappa shape index (κ3) is 3.93. The van der Waals surface area contributed by atoms with E-state index in [-0.39, 0.29) is 11.3 Å². The number of hydrogen-bond acceptors (Lipinski definition) is 8. The van der Waals surface area contributed by atoms with Gasteiger partial charge >= 0.3 is 11.9 Å². The lowest BCUT2D eigenvalue weighted by atomic mass is 10.2. The quantitative estimate of drug-likeness (QED) is 0.663. The van der Waals surface area contributed by atoms with Crippen molar-refractivity contribution in [2.45, 2.75) is 27.7 Å². The number of esters is 2. The molecule has 8 nitrogen and oxygen atoms in total. The fraction of sp³-hybridized carbons (Fsp3) is 0.625. The fourth-order valence-electron chi connectivity index (χ4n) is 2.37. The van der Waals surface area contributed by atoms with Crippen LogP contribution in [-0.4, -0.2) is 62.3 Å². The maximum atomic E-state index is 12.3. The molecule has 0 atom stereocenters. The molecule has 0 aliphatic carbocycles. The summed E-state index contributed by atoms with van der Waals surface area (Å²) in [6.07, 6.45) is 0. The highest BCUT2D eigenvalue weighted by atomic mass is 16.5. The molecule has 0 unspecified atom stereocenters. The van der Waals surface area contributed by atoms with E-state index in [0.717, 1.165) is 0 Å². The molecule has 24 heavy (non-hydrogen) atoms. The van der Waals surface area contributed by atoms with Crippen molar-refractivity contribution in [2.24, 2.45) is 0 Å².